The van der Waals surface area contributed by atoms with Gasteiger partial charge < -0.3 is 4.12 Å². The molecule has 0 radical (unpaired) electrons. The van der Waals surface area contributed by atoms with Crippen LogP contribution in [0.4, 0.5) is 0 Å². The molecule has 0 heterocycles. The van der Waals surface area contributed by atoms with Gasteiger partial charge in [-0.1, -0.05) is 39.3 Å². The van der Waals surface area contributed by atoms with E-state index in [1.165, 1.54) is 0 Å². The van der Waals surface area contributed by atoms with Crippen molar-refractivity contribution in [1.82, 2.24) is 0 Å². The first-order valence-corrected chi connectivity index (χ1v) is 18.9. The minimum Gasteiger partial charge on any atom is -0.465 e. The zero-order valence-electron chi connectivity index (χ0n) is 10.6. The summed E-state index contributed by atoms with van der Waals surface area (Å²) in [5.41, 5.74) is 0. The molecular formula is C8H26OSi4. The second-order valence-electron chi connectivity index (χ2n) is 6.61. The molecule has 0 atom stereocenters. The molecule has 0 spiro atoms. The molecule has 0 aliphatic heterocycles. The molecule has 0 saturated carbocycles. The van der Waals surface area contributed by atoms with Crippen LogP contribution in [0.1, 0.15) is 0 Å². The molecule has 0 fully saturated rings. The smallest absolute Gasteiger partial charge is 0.159 e. The molecule has 0 amide bonds. The first-order chi connectivity index (χ1) is 5.46. The summed E-state index contributed by atoms with van der Waals surface area (Å²) in [7, 11) is -3.36. The van der Waals surface area contributed by atoms with Crippen LogP contribution in [0.3, 0.4) is 0 Å². The van der Waals surface area contributed by atoms with Gasteiger partial charge in [-0.3, -0.25) is 0 Å². The van der Waals surface area contributed by atoms with Crippen LogP contribution in [0, 0.1) is 0 Å². The Morgan fingerprint density at radius 1 is 0.769 bits per heavy atom. The highest BCUT2D eigenvalue weighted by molar-refractivity contribution is 7.40. The maximum absolute atomic E-state index is 6.36. The molecule has 0 aliphatic rings. The third-order valence-corrected chi connectivity index (χ3v) is 26.6. The lowest BCUT2D eigenvalue weighted by Gasteiger charge is -2.37. The van der Waals surface area contributed by atoms with E-state index < -0.39 is 23.0 Å². The molecular weight excluding hydrogens is 224 g/mol. The molecule has 0 rings (SSSR count). The van der Waals surface area contributed by atoms with Gasteiger partial charge in [-0.25, -0.2) is 0 Å². The van der Waals surface area contributed by atoms with Crippen LogP contribution < -0.4 is 0 Å². The van der Waals surface area contributed by atoms with Gasteiger partial charge in [0.05, 0.1) is 15.2 Å². The average Bonchev–Trinajstić information content (AvgIpc) is 1.79. The maximum Gasteiger partial charge on any atom is 0.159 e. The molecule has 0 aliphatic carbocycles. The minimum atomic E-state index is -1.28. The summed E-state index contributed by atoms with van der Waals surface area (Å²) < 4.78 is 6.36. The van der Waals surface area contributed by atoms with E-state index in [0.29, 0.717) is 0 Å². The fourth-order valence-corrected chi connectivity index (χ4v) is 18.5. The van der Waals surface area contributed by atoms with E-state index in [1.807, 2.05) is 0 Å². The van der Waals surface area contributed by atoms with E-state index in [1.54, 1.807) is 0 Å². The molecule has 0 N–H and O–H groups in total. The van der Waals surface area contributed by atoms with Crippen LogP contribution in [0.15, 0.2) is 0 Å². The van der Waals surface area contributed by atoms with Gasteiger partial charge in [-0.15, -0.1) is 0 Å². The van der Waals surface area contributed by atoms with Gasteiger partial charge in [-0.2, -0.15) is 0 Å². The summed E-state index contributed by atoms with van der Waals surface area (Å²) in [6.45, 7) is 19.5. The highest BCUT2D eigenvalue weighted by Crippen LogP contribution is 2.20. The summed E-state index contributed by atoms with van der Waals surface area (Å²) in [5, 5.41) is 0. The highest BCUT2D eigenvalue weighted by atomic mass is 29.3. The lowest BCUT2D eigenvalue weighted by Crippen LogP contribution is -2.57. The highest BCUT2D eigenvalue weighted by Gasteiger charge is 2.39. The van der Waals surface area contributed by atoms with Crippen LogP contribution in [0.25, 0.3) is 0 Å². The van der Waals surface area contributed by atoms with Gasteiger partial charge >= 0.3 is 0 Å². The van der Waals surface area contributed by atoms with Crippen molar-refractivity contribution < 1.29 is 4.12 Å². The van der Waals surface area contributed by atoms with Crippen molar-refractivity contribution in [2.24, 2.45) is 0 Å². The van der Waals surface area contributed by atoms with Crippen molar-refractivity contribution in [3.8, 4) is 0 Å². The molecule has 0 unspecified atom stereocenters. The Balaban J connectivity index is 4.21. The molecule has 80 valence electrons. The van der Waals surface area contributed by atoms with Crippen molar-refractivity contribution in [2.45, 2.75) is 52.4 Å². The number of hydrogen-bond acceptors (Lipinski definition) is 1. The normalized spacial score (nSPS) is 15.7. The Labute approximate surface area is 88.9 Å². The second kappa shape index (κ2) is 4.14. The first-order valence-electron chi connectivity index (χ1n) is 5.10. The van der Waals surface area contributed by atoms with E-state index in [4.69, 9.17) is 4.12 Å². The van der Waals surface area contributed by atoms with Crippen LogP contribution in [0.5, 0.6) is 0 Å². The summed E-state index contributed by atoms with van der Waals surface area (Å²) in [5.74, 6) is 0. The molecule has 0 aromatic rings. The summed E-state index contributed by atoms with van der Waals surface area (Å²) in [4.78, 5) is 0. The van der Waals surface area contributed by atoms with Crippen molar-refractivity contribution in [3.05, 3.63) is 0 Å². The summed E-state index contributed by atoms with van der Waals surface area (Å²) >= 11 is 0. The lowest BCUT2D eigenvalue weighted by molar-refractivity contribution is 0.623. The molecule has 0 saturated heterocycles. The predicted molar refractivity (Wildman–Crippen MR) is 73.8 cm³/mol. The van der Waals surface area contributed by atoms with E-state index in [-0.39, 0.29) is 9.28 Å². The number of hydrogen-bond donors (Lipinski definition) is 0. The molecule has 0 aromatic carbocycles. The molecule has 13 heavy (non-hydrogen) atoms. The van der Waals surface area contributed by atoms with E-state index >= 15 is 0 Å². The zero-order chi connectivity index (χ0) is 10.9. The fraction of sp³-hybridized carbons (Fsp3) is 1.00. The van der Waals surface area contributed by atoms with Crippen LogP contribution in [0.2, 0.25) is 52.4 Å². The van der Waals surface area contributed by atoms with Gasteiger partial charge in [0, 0.05) is 0 Å². The van der Waals surface area contributed by atoms with Crippen LogP contribution in [-0.2, 0) is 4.12 Å². The van der Waals surface area contributed by atoms with Crippen LogP contribution >= 0.6 is 0 Å². The van der Waals surface area contributed by atoms with Gasteiger partial charge in [0.1, 0.15) is 9.28 Å². The summed E-state index contributed by atoms with van der Waals surface area (Å²) in [6, 6.07) is 0. The monoisotopic (exact) mass is 250 g/mol. The van der Waals surface area contributed by atoms with E-state index in [0.717, 1.165) is 0 Å². The standard InChI is InChI=1S/C8H26OSi4/c1-11(2,3)10-9-13(7,8)12(4,5)6/h10H2,1-8H3. The Morgan fingerprint density at radius 2 is 1.15 bits per heavy atom. The zero-order valence-corrected chi connectivity index (χ0v) is 15.0. The van der Waals surface area contributed by atoms with E-state index in [2.05, 4.69) is 52.4 Å². The Bertz CT molecular complexity index is 166. The first kappa shape index (κ1) is 13.8. The third-order valence-electron chi connectivity index (χ3n) is 2.67. The fourth-order valence-electron chi connectivity index (χ4n) is 0.613. The van der Waals surface area contributed by atoms with Crippen molar-refractivity contribution >= 4 is 32.3 Å². The van der Waals surface area contributed by atoms with Crippen molar-refractivity contribution in [2.75, 3.05) is 0 Å². The number of rotatable bonds is 4. The van der Waals surface area contributed by atoms with Crippen molar-refractivity contribution in [1.29, 1.82) is 0 Å². The van der Waals surface area contributed by atoms with Gasteiger partial charge in [-0.05, 0) is 13.1 Å². The lowest BCUT2D eigenvalue weighted by atomic mass is 11.8. The molecule has 5 heteroatoms. The van der Waals surface area contributed by atoms with E-state index in [9.17, 15) is 0 Å². The molecule has 0 bridgehead atoms. The topological polar surface area (TPSA) is 9.23 Å². The quantitative estimate of drug-likeness (QED) is 0.697. The third kappa shape index (κ3) is 5.31. The largest absolute Gasteiger partial charge is 0.465 e. The van der Waals surface area contributed by atoms with Crippen molar-refractivity contribution in [3.63, 3.8) is 0 Å². The Kier molecular flexibility index (Phi) is 4.40. The SMILES string of the molecule is C[Si](C)(C)[SiH2]O[Si](C)(C)[Si](C)(C)C. The molecule has 1 nitrogen and oxygen atoms in total. The van der Waals surface area contributed by atoms with Crippen LogP contribution in [-0.4, -0.2) is 32.3 Å². The van der Waals surface area contributed by atoms with Gasteiger partial charge in [0.25, 0.3) is 0 Å². The Morgan fingerprint density at radius 3 is 1.38 bits per heavy atom. The Hall–Kier alpha value is 0.828. The predicted octanol–water partition coefficient (Wildman–Crippen LogP) is 2.54. The van der Waals surface area contributed by atoms with Gasteiger partial charge in [0.15, 0.2) is 7.83 Å². The van der Waals surface area contributed by atoms with Gasteiger partial charge in [0.2, 0.25) is 0 Å². The average molecular weight is 251 g/mol. The molecule has 0 aromatic heterocycles. The summed E-state index contributed by atoms with van der Waals surface area (Å²) in [6.07, 6.45) is 0. The minimum absolute atomic E-state index is 0.199. The second-order valence-corrected chi connectivity index (χ2v) is 36.0. The maximum atomic E-state index is 6.36.